The Morgan fingerprint density at radius 3 is 2.48 bits per heavy atom. The molecule has 0 bridgehead atoms. The Morgan fingerprint density at radius 2 is 1.89 bits per heavy atom. The zero-order valence-electron chi connectivity index (χ0n) is 14.3. The first-order chi connectivity index (χ1) is 13.0. The lowest BCUT2D eigenvalue weighted by atomic mass is 10.0. The molecular formula is C19H13FN2O5. The van der Waals surface area contributed by atoms with Crippen LogP contribution in [0.25, 0.3) is 33.7 Å². The van der Waals surface area contributed by atoms with Crippen LogP contribution in [-0.2, 0) is 0 Å². The van der Waals surface area contributed by atoms with Gasteiger partial charge in [0.25, 0.3) is 5.89 Å². The molecule has 7 nitrogen and oxygen atoms in total. The molecule has 0 saturated heterocycles. The summed E-state index contributed by atoms with van der Waals surface area (Å²) in [6, 6.07) is 8.52. The van der Waals surface area contributed by atoms with Gasteiger partial charge in [-0.1, -0.05) is 0 Å². The second-order valence-corrected chi connectivity index (χ2v) is 5.79. The molecule has 0 fully saturated rings. The standard InChI is InChI=1S/C19H13FN2O5/c1-9-21-22-18(26-9)13-8-15-12(7-14(13)25-2)16(19(23)24)17(27-15)10-3-5-11(20)6-4-10/h3-8H,1-2H3,(H,23,24). The van der Waals surface area contributed by atoms with Crippen molar-refractivity contribution < 1.29 is 27.9 Å². The van der Waals surface area contributed by atoms with Crippen LogP contribution in [0.2, 0.25) is 0 Å². The van der Waals surface area contributed by atoms with E-state index in [4.69, 9.17) is 13.6 Å². The first kappa shape index (κ1) is 16.8. The summed E-state index contributed by atoms with van der Waals surface area (Å²) in [5.41, 5.74) is 1.18. The van der Waals surface area contributed by atoms with E-state index >= 15 is 0 Å². The molecule has 0 aliphatic carbocycles. The van der Waals surface area contributed by atoms with Crippen LogP contribution in [0.5, 0.6) is 5.75 Å². The molecule has 0 aliphatic rings. The molecule has 0 saturated carbocycles. The highest BCUT2D eigenvalue weighted by molar-refractivity contribution is 6.09. The molecule has 136 valence electrons. The highest BCUT2D eigenvalue weighted by Crippen LogP contribution is 2.40. The minimum absolute atomic E-state index is 0.0387. The second kappa shape index (κ2) is 6.24. The van der Waals surface area contributed by atoms with Gasteiger partial charge in [0.15, 0.2) is 0 Å². The first-order valence-corrected chi connectivity index (χ1v) is 7.92. The summed E-state index contributed by atoms with van der Waals surface area (Å²) in [4.78, 5) is 11.9. The van der Waals surface area contributed by atoms with E-state index in [0.29, 0.717) is 33.7 Å². The van der Waals surface area contributed by atoms with E-state index in [-0.39, 0.29) is 17.2 Å². The number of carbonyl (C=O) groups is 1. The maximum Gasteiger partial charge on any atom is 0.340 e. The number of hydrogen-bond donors (Lipinski definition) is 1. The quantitative estimate of drug-likeness (QED) is 0.573. The van der Waals surface area contributed by atoms with Gasteiger partial charge in [0.2, 0.25) is 5.89 Å². The summed E-state index contributed by atoms with van der Waals surface area (Å²) < 4.78 is 29.8. The second-order valence-electron chi connectivity index (χ2n) is 5.79. The van der Waals surface area contributed by atoms with Crippen LogP contribution in [0.3, 0.4) is 0 Å². The van der Waals surface area contributed by atoms with Gasteiger partial charge in [-0.2, -0.15) is 0 Å². The Morgan fingerprint density at radius 1 is 1.15 bits per heavy atom. The molecule has 2 aromatic heterocycles. The van der Waals surface area contributed by atoms with Crippen molar-refractivity contribution in [3.05, 3.63) is 53.7 Å². The van der Waals surface area contributed by atoms with Crippen molar-refractivity contribution in [1.82, 2.24) is 10.2 Å². The SMILES string of the molecule is COc1cc2c(C(=O)O)c(-c3ccc(F)cc3)oc2cc1-c1nnc(C)o1. The number of aryl methyl sites for hydroxylation is 1. The number of hydrogen-bond acceptors (Lipinski definition) is 6. The molecule has 1 N–H and O–H groups in total. The first-order valence-electron chi connectivity index (χ1n) is 7.92. The normalized spacial score (nSPS) is 11.1. The van der Waals surface area contributed by atoms with Crippen LogP contribution < -0.4 is 4.74 Å². The van der Waals surface area contributed by atoms with Crippen molar-refractivity contribution in [2.24, 2.45) is 0 Å². The fourth-order valence-corrected chi connectivity index (χ4v) is 2.88. The molecule has 0 atom stereocenters. The van der Waals surface area contributed by atoms with Crippen LogP contribution >= 0.6 is 0 Å². The van der Waals surface area contributed by atoms with Crippen molar-refractivity contribution in [1.29, 1.82) is 0 Å². The predicted octanol–water partition coefficient (Wildman–Crippen LogP) is 4.30. The summed E-state index contributed by atoms with van der Waals surface area (Å²) in [6.07, 6.45) is 0. The Bertz CT molecular complexity index is 1160. The Kier molecular flexibility index (Phi) is 3.88. The van der Waals surface area contributed by atoms with Crippen molar-refractivity contribution in [3.8, 4) is 28.5 Å². The average molecular weight is 368 g/mol. The van der Waals surface area contributed by atoms with Gasteiger partial charge in [-0.05, 0) is 36.4 Å². The summed E-state index contributed by atoms with van der Waals surface area (Å²) in [5.74, 6) is -0.509. The topological polar surface area (TPSA) is 98.6 Å². The third kappa shape index (κ3) is 2.80. The number of aromatic nitrogens is 2. The van der Waals surface area contributed by atoms with Crippen molar-refractivity contribution >= 4 is 16.9 Å². The Labute approximate surface area is 152 Å². The van der Waals surface area contributed by atoms with Gasteiger partial charge in [-0.25, -0.2) is 9.18 Å². The molecule has 0 aliphatic heterocycles. The molecule has 27 heavy (non-hydrogen) atoms. The van der Waals surface area contributed by atoms with Crippen molar-refractivity contribution in [2.45, 2.75) is 6.92 Å². The van der Waals surface area contributed by atoms with Gasteiger partial charge in [-0.15, -0.1) is 10.2 Å². The van der Waals surface area contributed by atoms with Gasteiger partial charge < -0.3 is 18.7 Å². The molecule has 4 aromatic rings. The summed E-state index contributed by atoms with van der Waals surface area (Å²) >= 11 is 0. The predicted molar refractivity (Wildman–Crippen MR) is 93.1 cm³/mol. The number of ether oxygens (including phenoxy) is 1. The molecule has 0 unspecified atom stereocenters. The van der Waals surface area contributed by atoms with Crippen molar-refractivity contribution in [3.63, 3.8) is 0 Å². The summed E-state index contributed by atoms with van der Waals surface area (Å²) in [6.45, 7) is 1.66. The molecule has 8 heteroatoms. The van der Waals surface area contributed by atoms with Gasteiger partial charge in [0, 0.05) is 17.9 Å². The number of methoxy groups -OCH3 is 1. The Balaban J connectivity index is 1.99. The number of fused-ring (bicyclic) bond motifs is 1. The van der Waals surface area contributed by atoms with Gasteiger partial charge in [-0.3, -0.25) is 0 Å². The Hall–Kier alpha value is -3.68. The number of benzene rings is 2. The average Bonchev–Trinajstić information content (AvgIpc) is 3.24. The molecular weight excluding hydrogens is 355 g/mol. The lowest BCUT2D eigenvalue weighted by molar-refractivity contribution is 0.0699. The van der Waals surface area contributed by atoms with Crippen LogP contribution in [0.4, 0.5) is 4.39 Å². The third-order valence-corrected chi connectivity index (χ3v) is 4.09. The maximum atomic E-state index is 13.2. The number of rotatable bonds is 4. The largest absolute Gasteiger partial charge is 0.496 e. The minimum atomic E-state index is -1.17. The number of carboxylic acid groups (broad SMARTS) is 1. The van der Waals surface area contributed by atoms with Gasteiger partial charge in [0.1, 0.15) is 28.5 Å². The minimum Gasteiger partial charge on any atom is -0.496 e. The number of carboxylic acids is 1. The molecule has 0 radical (unpaired) electrons. The molecule has 4 rings (SSSR count). The zero-order chi connectivity index (χ0) is 19.1. The van der Waals surface area contributed by atoms with Crippen LogP contribution in [0, 0.1) is 12.7 Å². The fourth-order valence-electron chi connectivity index (χ4n) is 2.88. The smallest absolute Gasteiger partial charge is 0.340 e. The fraction of sp³-hybridized carbons (Fsp3) is 0.105. The molecule has 2 heterocycles. The number of nitrogens with zero attached hydrogens (tertiary/aromatic N) is 2. The van der Waals surface area contributed by atoms with E-state index in [1.165, 1.54) is 31.4 Å². The number of furan rings is 1. The van der Waals surface area contributed by atoms with E-state index in [9.17, 15) is 14.3 Å². The van der Waals surface area contributed by atoms with E-state index < -0.39 is 11.8 Å². The van der Waals surface area contributed by atoms with E-state index in [0.717, 1.165) is 0 Å². The molecule has 0 amide bonds. The van der Waals surface area contributed by atoms with Crippen LogP contribution in [0.1, 0.15) is 16.2 Å². The van der Waals surface area contributed by atoms with Gasteiger partial charge >= 0.3 is 5.97 Å². The maximum absolute atomic E-state index is 13.2. The monoisotopic (exact) mass is 368 g/mol. The lowest BCUT2D eigenvalue weighted by Gasteiger charge is -2.05. The highest BCUT2D eigenvalue weighted by Gasteiger charge is 2.25. The highest BCUT2D eigenvalue weighted by atomic mass is 19.1. The van der Waals surface area contributed by atoms with E-state index in [1.54, 1.807) is 19.1 Å². The summed E-state index contributed by atoms with van der Waals surface area (Å²) in [7, 11) is 1.45. The van der Waals surface area contributed by atoms with Crippen molar-refractivity contribution in [2.75, 3.05) is 7.11 Å². The van der Waals surface area contributed by atoms with Crippen LogP contribution in [0.15, 0.2) is 45.2 Å². The third-order valence-electron chi connectivity index (χ3n) is 4.09. The molecule has 2 aromatic carbocycles. The summed E-state index contributed by atoms with van der Waals surface area (Å²) in [5, 5.41) is 17.8. The zero-order valence-corrected chi connectivity index (χ0v) is 14.3. The van der Waals surface area contributed by atoms with Gasteiger partial charge in [0.05, 0.1) is 12.7 Å². The number of halogens is 1. The van der Waals surface area contributed by atoms with E-state index in [1.807, 2.05) is 0 Å². The molecule has 0 spiro atoms. The number of aromatic carboxylic acids is 1. The van der Waals surface area contributed by atoms with Crippen LogP contribution in [-0.4, -0.2) is 28.4 Å². The lowest BCUT2D eigenvalue weighted by Crippen LogP contribution is -1.97. The van der Waals surface area contributed by atoms with E-state index in [2.05, 4.69) is 10.2 Å².